The lowest BCUT2D eigenvalue weighted by Crippen LogP contribution is -2.31. The molecular weight excluding hydrogens is 304 g/mol. The maximum atomic E-state index is 12.7. The number of fused-ring (bicyclic) bond motifs is 2. The summed E-state index contributed by atoms with van der Waals surface area (Å²) in [6.45, 7) is 2.14. The third-order valence-corrected chi connectivity index (χ3v) is 5.22. The molecule has 2 atom stereocenters. The van der Waals surface area contributed by atoms with Crippen molar-refractivity contribution in [3.63, 3.8) is 0 Å². The summed E-state index contributed by atoms with van der Waals surface area (Å²) in [6, 6.07) is 3.61. The molecule has 6 heteroatoms. The molecule has 0 unspecified atom stereocenters. The summed E-state index contributed by atoms with van der Waals surface area (Å²) in [5.41, 5.74) is 1.43. The molecule has 2 aliphatic rings. The lowest BCUT2D eigenvalue weighted by molar-refractivity contribution is -0.122. The normalized spacial score (nSPS) is 24.0. The predicted molar refractivity (Wildman–Crippen MR) is 90.4 cm³/mol. The molecule has 3 heterocycles. The van der Waals surface area contributed by atoms with E-state index in [4.69, 9.17) is 0 Å². The Kier molecular flexibility index (Phi) is 3.82. The van der Waals surface area contributed by atoms with Crippen molar-refractivity contribution < 1.29 is 9.59 Å². The molecule has 1 aliphatic carbocycles. The summed E-state index contributed by atoms with van der Waals surface area (Å²) in [6.07, 6.45) is 6.75. The molecule has 0 spiro atoms. The quantitative estimate of drug-likeness (QED) is 0.876. The van der Waals surface area contributed by atoms with Gasteiger partial charge in [-0.25, -0.2) is 14.9 Å². The second kappa shape index (κ2) is 6.00. The molecule has 126 valence electrons. The first kappa shape index (κ1) is 15.3. The molecule has 1 saturated heterocycles. The van der Waals surface area contributed by atoms with Crippen LogP contribution in [-0.2, 0) is 16.0 Å². The van der Waals surface area contributed by atoms with Crippen molar-refractivity contribution in [3.05, 3.63) is 18.0 Å². The topological polar surface area (TPSA) is 79.0 Å². The maximum Gasteiger partial charge on any atom is 0.238 e. The monoisotopic (exact) mass is 326 g/mol. The number of pyridine rings is 1. The summed E-state index contributed by atoms with van der Waals surface area (Å²) < 4.78 is 0. The number of unbranched alkanes of at least 4 members (excludes halogenated alkanes) is 1. The second-order valence-corrected chi connectivity index (χ2v) is 6.84. The fourth-order valence-corrected chi connectivity index (χ4v) is 3.91. The molecule has 2 aromatic heterocycles. The summed E-state index contributed by atoms with van der Waals surface area (Å²) in [7, 11) is 0. The highest BCUT2D eigenvalue weighted by Crippen LogP contribution is 2.39. The first-order valence-corrected chi connectivity index (χ1v) is 8.92. The Morgan fingerprint density at radius 2 is 1.83 bits per heavy atom. The average Bonchev–Trinajstić information content (AvgIpc) is 3.12. The Morgan fingerprint density at radius 1 is 1.12 bits per heavy atom. The molecule has 4 rings (SSSR count). The number of carbonyl (C=O) groups excluding carboxylic acids is 2. The molecule has 0 radical (unpaired) electrons. The predicted octanol–water partition coefficient (Wildman–Crippen LogP) is 2.98. The summed E-state index contributed by atoms with van der Waals surface area (Å²) >= 11 is 0. The Labute approximate surface area is 140 Å². The van der Waals surface area contributed by atoms with E-state index in [9.17, 15) is 9.59 Å². The minimum atomic E-state index is -0.150. The first-order chi connectivity index (χ1) is 11.7. The Balaban J connectivity index is 1.66. The Morgan fingerprint density at radius 3 is 2.50 bits per heavy atom. The number of anilines is 1. The number of hydrogen-bond donors (Lipinski definition) is 1. The highest BCUT2D eigenvalue weighted by atomic mass is 16.2. The number of nitrogens with one attached hydrogen (secondary N) is 1. The average molecular weight is 326 g/mol. The SMILES string of the molecule is CCCCc1nc2nc(N3C(=O)[C@H]4CCCC[C@H]4C3=O)ccc2[nH]1. The molecule has 1 aliphatic heterocycles. The van der Waals surface area contributed by atoms with Gasteiger partial charge in [-0.05, 0) is 31.4 Å². The molecule has 2 aromatic rings. The van der Waals surface area contributed by atoms with Crippen LogP contribution in [0.15, 0.2) is 12.1 Å². The summed E-state index contributed by atoms with van der Waals surface area (Å²) in [5, 5.41) is 0. The van der Waals surface area contributed by atoms with E-state index in [2.05, 4.69) is 21.9 Å². The van der Waals surface area contributed by atoms with Crippen LogP contribution in [0.4, 0.5) is 5.82 Å². The number of imidazole rings is 1. The van der Waals surface area contributed by atoms with Crippen LogP contribution in [-0.4, -0.2) is 26.8 Å². The van der Waals surface area contributed by atoms with Crippen LogP contribution in [0.1, 0.15) is 51.3 Å². The molecule has 1 saturated carbocycles. The van der Waals surface area contributed by atoms with E-state index >= 15 is 0 Å². The van der Waals surface area contributed by atoms with Crippen LogP contribution < -0.4 is 4.90 Å². The fraction of sp³-hybridized carbons (Fsp3) is 0.556. The van der Waals surface area contributed by atoms with Crippen molar-refractivity contribution in [1.29, 1.82) is 0 Å². The number of aromatic nitrogens is 3. The molecule has 0 bridgehead atoms. The maximum absolute atomic E-state index is 12.7. The number of hydrogen-bond acceptors (Lipinski definition) is 4. The number of carbonyl (C=O) groups is 2. The van der Waals surface area contributed by atoms with E-state index in [0.29, 0.717) is 11.5 Å². The van der Waals surface area contributed by atoms with E-state index in [1.165, 1.54) is 4.90 Å². The number of imide groups is 1. The third-order valence-electron chi connectivity index (χ3n) is 5.22. The van der Waals surface area contributed by atoms with Gasteiger partial charge in [-0.15, -0.1) is 0 Å². The van der Waals surface area contributed by atoms with E-state index in [1.807, 2.05) is 6.07 Å². The van der Waals surface area contributed by atoms with Crippen molar-refractivity contribution in [2.24, 2.45) is 11.8 Å². The third kappa shape index (κ3) is 2.41. The Hall–Kier alpha value is -2.24. The van der Waals surface area contributed by atoms with E-state index in [0.717, 1.165) is 56.3 Å². The summed E-state index contributed by atoms with van der Waals surface area (Å²) in [5.74, 6) is 0.854. The molecule has 1 N–H and O–H groups in total. The van der Waals surface area contributed by atoms with Crippen molar-refractivity contribution in [3.8, 4) is 0 Å². The van der Waals surface area contributed by atoms with Crippen LogP contribution in [0.5, 0.6) is 0 Å². The van der Waals surface area contributed by atoms with Gasteiger partial charge in [0.1, 0.15) is 11.6 Å². The van der Waals surface area contributed by atoms with Crippen molar-refractivity contribution >= 4 is 28.8 Å². The lowest BCUT2D eigenvalue weighted by Gasteiger charge is -2.19. The molecule has 0 aromatic carbocycles. The van der Waals surface area contributed by atoms with Crippen LogP contribution in [0, 0.1) is 11.8 Å². The number of H-pyrrole nitrogens is 1. The molecule has 24 heavy (non-hydrogen) atoms. The van der Waals surface area contributed by atoms with Gasteiger partial charge < -0.3 is 4.98 Å². The molecule has 2 fully saturated rings. The van der Waals surface area contributed by atoms with Gasteiger partial charge in [0.05, 0.1) is 17.4 Å². The van der Waals surface area contributed by atoms with Gasteiger partial charge in [-0.2, -0.15) is 0 Å². The largest absolute Gasteiger partial charge is 0.341 e. The molecule has 2 amide bonds. The number of nitrogens with zero attached hydrogens (tertiary/aromatic N) is 3. The lowest BCUT2D eigenvalue weighted by atomic mass is 9.81. The van der Waals surface area contributed by atoms with Crippen molar-refractivity contribution in [1.82, 2.24) is 15.0 Å². The van der Waals surface area contributed by atoms with E-state index < -0.39 is 0 Å². The highest BCUT2D eigenvalue weighted by molar-refractivity contribution is 6.21. The van der Waals surface area contributed by atoms with Gasteiger partial charge in [-0.1, -0.05) is 26.2 Å². The smallest absolute Gasteiger partial charge is 0.238 e. The number of aromatic amines is 1. The van der Waals surface area contributed by atoms with Gasteiger partial charge in [-0.3, -0.25) is 9.59 Å². The zero-order valence-electron chi connectivity index (χ0n) is 13.9. The molecule has 6 nitrogen and oxygen atoms in total. The minimum absolute atomic E-state index is 0.0849. The van der Waals surface area contributed by atoms with Crippen LogP contribution in [0.25, 0.3) is 11.2 Å². The zero-order chi connectivity index (χ0) is 16.7. The van der Waals surface area contributed by atoms with E-state index in [1.54, 1.807) is 6.07 Å². The number of aryl methyl sites for hydroxylation is 1. The zero-order valence-corrected chi connectivity index (χ0v) is 13.9. The number of amides is 2. The van der Waals surface area contributed by atoms with Crippen molar-refractivity contribution in [2.45, 2.75) is 51.9 Å². The van der Waals surface area contributed by atoms with Gasteiger partial charge in [0, 0.05) is 6.42 Å². The second-order valence-electron chi connectivity index (χ2n) is 6.84. The van der Waals surface area contributed by atoms with Crippen LogP contribution in [0.2, 0.25) is 0 Å². The molecular formula is C18H22N4O2. The number of rotatable bonds is 4. The van der Waals surface area contributed by atoms with Crippen LogP contribution in [0.3, 0.4) is 0 Å². The fourth-order valence-electron chi connectivity index (χ4n) is 3.91. The van der Waals surface area contributed by atoms with Gasteiger partial charge in [0.25, 0.3) is 0 Å². The minimum Gasteiger partial charge on any atom is -0.341 e. The van der Waals surface area contributed by atoms with Gasteiger partial charge in [0.15, 0.2) is 5.65 Å². The van der Waals surface area contributed by atoms with E-state index in [-0.39, 0.29) is 23.7 Å². The Bertz CT molecular complexity index is 773. The van der Waals surface area contributed by atoms with Crippen LogP contribution >= 0.6 is 0 Å². The standard InChI is InChI=1S/C18H22N4O2/c1-2-3-8-14-19-13-9-10-15(21-16(13)20-14)22-17(23)11-6-4-5-7-12(11)18(22)24/h9-12H,2-8H2,1H3,(H,19,20,21)/t11-,12+. The van der Waals surface area contributed by atoms with Crippen molar-refractivity contribution in [2.75, 3.05) is 4.90 Å². The first-order valence-electron chi connectivity index (χ1n) is 8.92. The highest BCUT2D eigenvalue weighted by Gasteiger charge is 2.49. The summed E-state index contributed by atoms with van der Waals surface area (Å²) in [4.78, 5) is 38.9. The van der Waals surface area contributed by atoms with Gasteiger partial charge >= 0.3 is 0 Å². The van der Waals surface area contributed by atoms with Gasteiger partial charge in [0.2, 0.25) is 11.8 Å².